The van der Waals surface area contributed by atoms with Crippen molar-refractivity contribution in [1.29, 1.82) is 0 Å². The Morgan fingerprint density at radius 3 is 1.78 bits per heavy atom. The highest BCUT2D eigenvalue weighted by atomic mass is 35.5. The number of aromatic nitrogens is 3. The van der Waals surface area contributed by atoms with Gasteiger partial charge in [-0.3, -0.25) is 0 Å². The Labute approximate surface area is 64.0 Å². The molecule has 0 amide bonds. The third-order valence-corrected chi connectivity index (χ3v) is 1.28. The van der Waals surface area contributed by atoms with Gasteiger partial charge < -0.3 is 0 Å². The van der Waals surface area contributed by atoms with Crippen molar-refractivity contribution in [2.45, 2.75) is 0 Å². The lowest BCUT2D eigenvalue weighted by atomic mass is 11.1. The van der Waals surface area contributed by atoms with Gasteiger partial charge in [-0.2, -0.15) is 15.0 Å². The van der Waals surface area contributed by atoms with E-state index in [1.807, 2.05) is 0 Å². The summed E-state index contributed by atoms with van der Waals surface area (Å²) in [6.07, 6.45) is 0. The molecule has 0 fully saturated rings. The monoisotopic (exact) mass is 182 g/mol. The molecule has 48 valence electrons. The molecule has 1 unspecified atom stereocenters. The molecule has 1 rings (SSSR count). The van der Waals surface area contributed by atoms with E-state index in [1.165, 1.54) is 9.24 Å². The molecule has 0 N–H and O–H groups in total. The van der Waals surface area contributed by atoms with Gasteiger partial charge in [-0.15, -0.1) is 0 Å². The fourth-order valence-electron chi connectivity index (χ4n) is 0.364. The highest BCUT2D eigenvalue weighted by molar-refractivity contribution is 7.26. The maximum Gasteiger partial charge on any atom is 0.274 e. The minimum absolute atomic E-state index is 0.139. The second-order valence-electron chi connectivity index (χ2n) is 1.29. The Morgan fingerprint density at radius 1 is 1.00 bits per heavy atom. The highest BCUT2D eigenvalue weighted by Gasteiger charge is 1.99. The molecule has 0 aromatic carbocycles. The van der Waals surface area contributed by atoms with Crippen LogP contribution in [0.4, 0.5) is 0 Å². The highest BCUT2D eigenvalue weighted by Crippen LogP contribution is 2.01. The molecule has 3 nitrogen and oxygen atoms in total. The maximum atomic E-state index is 5.41. The van der Waals surface area contributed by atoms with Crippen LogP contribution >= 0.6 is 32.4 Å². The molecular weight excluding hydrogens is 180 g/mol. The van der Waals surface area contributed by atoms with E-state index in [-0.39, 0.29) is 10.6 Å². The topological polar surface area (TPSA) is 38.7 Å². The molecule has 0 spiro atoms. The van der Waals surface area contributed by atoms with Gasteiger partial charge in [0.25, 0.3) is 5.57 Å². The van der Waals surface area contributed by atoms with Crippen LogP contribution in [-0.2, 0) is 0 Å². The summed E-state index contributed by atoms with van der Waals surface area (Å²) in [7, 11) is 1.50. The van der Waals surface area contributed by atoms with Gasteiger partial charge in [-0.25, -0.2) is 0 Å². The molecule has 0 bridgehead atoms. The zero-order chi connectivity index (χ0) is 6.85. The first-order valence-electron chi connectivity index (χ1n) is 2.07. The third-order valence-electron chi connectivity index (χ3n) is 0.627. The standard InChI is InChI=1S/C3H2Cl2N3P/c4-1-6-2(5)8-3(9)7-1/h9H2/p+1. The lowest BCUT2D eigenvalue weighted by Gasteiger charge is -1.87. The van der Waals surface area contributed by atoms with Crippen molar-refractivity contribution >= 4 is 38.0 Å². The lowest BCUT2D eigenvalue weighted by molar-refractivity contribution is 1.09. The molecule has 0 radical (unpaired) electrons. The predicted octanol–water partition coefficient (Wildman–Crippen LogP) is 0.411. The molecule has 9 heavy (non-hydrogen) atoms. The largest absolute Gasteiger partial charge is 0.274 e. The van der Waals surface area contributed by atoms with Crippen LogP contribution in [-0.4, -0.2) is 15.0 Å². The zero-order valence-electron chi connectivity index (χ0n) is 4.30. The number of halogens is 2. The molecule has 1 atom stereocenters. The van der Waals surface area contributed by atoms with Crippen LogP contribution in [0.2, 0.25) is 10.6 Å². The minimum atomic E-state index is 0.139. The summed E-state index contributed by atoms with van der Waals surface area (Å²) in [5.74, 6) is 0. The summed E-state index contributed by atoms with van der Waals surface area (Å²) in [5, 5.41) is 0.278. The Morgan fingerprint density at radius 2 is 1.44 bits per heavy atom. The number of hydrogen-bond donors (Lipinski definition) is 0. The van der Waals surface area contributed by atoms with Crippen molar-refractivity contribution in [2.75, 3.05) is 0 Å². The van der Waals surface area contributed by atoms with Crippen molar-refractivity contribution in [1.82, 2.24) is 15.0 Å². The summed E-state index contributed by atoms with van der Waals surface area (Å²) in [5.41, 5.74) is 0.556. The molecule has 0 aliphatic heterocycles. The maximum absolute atomic E-state index is 5.41. The molecule has 6 heteroatoms. The van der Waals surface area contributed by atoms with Gasteiger partial charge in [0.05, 0.1) is 0 Å². The smallest absolute Gasteiger partial charge is 0.187 e. The van der Waals surface area contributed by atoms with Crippen LogP contribution in [0.25, 0.3) is 0 Å². The molecule has 0 saturated carbocycles. The van der Waals surface area contributed by atoms with Crippen LogP contribution in [0.1, 0.15) is 0 Å². The number of nitrogens with zero attached hydrogens (tertiary/aromatic N) is 3. The first-order chi connectivity index (χ1) is 4.18. The average molecular weight is 183 g/mol. The molecule has 1 aromatic heterocycles. The lowest BCUT2D eigenvalue weighted by Crippen LogP contribution is -2.05. The van der Waals surface area contributed by atoms with Gasteiger partial charge in [-0.05, 0) is 23.2 Å². The van der Waals surface area contributed by atoms with E-state index < -0.39 is 0 Å². The Bertz CT molecular complexity index is 178. The predicted molar refractivity (Wildman–Crippen MR) is 40.6 cm³/mol. The van der Waals surface area contributed by atoms with Gasteiger partial charge in [0.2, 0.25) is 10.6 Å². The van der Waals surface area contributed by atoms with Gasteiger partial charge >= 0.3 is 0 Å². The van der Waals surface area contributed by atoms with Gasteiger partial charge in [0.15, 0.2) is 0 Å². The van der Waals surface area contributed by atoms with Crippen molar-refractivity contribution in [3.8, 4) is 0 Å². The normalized spacial score (nSPS) is 10.0. The summed E-state index contributed by atoms with van der Waals surface area (Å²) in [4.78, 5) is 11.0. The Kier molecular flexibility index (Phi) is 2.17. The molecule has 0 aliphatic carbocycles. The third kappa shape index (κ3) is 2.01. The molecular formula is C3H3Cl2N3P+. The van der Waals surface area contributed by atoms with Gasteiger partial charge in [0.1, 0.15) is 0 Å². The second-order valence-corrected chi connectivity index (χ2v) is 2.60. The van der Waals surface area contributed by atoms with Crippen molar-refractivity contribution < 1.29 is 0 Å². The van der Waals surface area contributed by atoms with E-state index in [9.17, 15) is 0 Å². The van der Waals surface area contributed by atoms with Crippen molar-refractivity contribution in [3.63, 3.8) is 0 Å². The van der Waals surface area contributed by atoms with Crippen LogP contribution in [0.15, 0.2) is 0 Å². The fourth-order valence-corrected chi connectivity index (χ4v) is 1.26. The van der Waals surface area contributed by atoms with Crippen LogP contribution in [0.5, 0.6) is 0 Å². The van der Waals surface area contributed by atoms with Crippen LogP contribution in [0, 0.1) is 0 Å². The fraction of sp³-hybridized carbons (Fsp3) is 0. The molecule has 1 aromatic rings. The zero-order valence-corrected chi connectivity index (χ0v) is 7.23. The van der Waals surface area contributed by atoms with E-state index >= 15 is 0 Å². The first kappa shape index (κ1) is 7.13. The van der Waals surface area contributed by atoms with Gasteiger partial charge in [-0.1, -0.05) is 0 Å². The Balaban J connectivity index is 3.17. The SMILES string of the molecule is [PH3+]c1nc(Cl)nc(Cl)n1. The van der Waals surface area contributed by atoms with Crippen molar-refractivity contribution in [3.05, 3.63) is 10.6 Å². The molecule has 0 saturated heterocycles. The molecule has 0 aliphatic rings. The Hall–Kier alpha value is 0.0200. The summed E-state index contributed by atoms with van der Waals surface area (Å²) in [6.45, 7) is 0. The van der Waals surface area contributed by atoms with E-state index in [2.05, 4.69) is 15.0 Å². The average Bonchev–Trinajstić information content (AvgIpc) is 1.59. The van der Waals surface area contributed by atoms with E-state index in [0.29, 0.717) is 5.57 Å². The number of hydrogen-bond acceptors (Lipinski definition) is 3. The quantitative estimate of drug-likeness (QED) is 0.546. The van der Waals surface area contributed by atoms with Crippen LogP contribution < -0.4 is 5.57 Å². The first-order valence-corrected chi connectivity index (χ1v) is 3.54. The number of rotatable bonds is 0. The van der Waals surface area contributed by atoms with E-state index in [0.717, 1.165) is 0 Å². The summed E-state index contributed by atoms with van der Waals surface area (Å²) < 4.78 is 0. The second kappa shape index (κ2) is 2.74. The molecule has 1 heterocycles. The van der Waals surface area contributed by atoms with Crippen molar-refractivity contribution in [2.24, 2.45) is 0 Å². The summed E-state index contributed by atoms with van der Waals surface area (Å²) >= 11 is 10.8. The van der Waals surface area contributed by atoms with Crippen LogP contribution in [0.3, 0.4) is 0 Å². The van der Waals surface area contributed by atoms with Gasteiger partial charge in [0, 0.05) is 9.24 Å². The minimum Gasteiger partial charge on any atom is -0.187 e. The summed E-state index contributed by atoms with van der Waals surface area (Å²) in [6, 6.07) is 0. The van der Waals surface area contributed by atoms with E-state index in [1.54, 1.807) is 0 Å². The van der Waals surface area contributed by atoms with E-state index in [4.69, 9.17) is 23.2 Å².